The summed E-state index contributed by atoms with van der Waals surface area (Å²) < 4.78 is 5.51. The van der Waals surface area contributed by atoms with Gasteiger partial charge in [0.1, 0.15) is 5.75 Å². The molecular formula is C14H13N3O4. The number of nitrogens with one attached hydrogen (secondary N) is 1. The number of amides is 1. The van der Waals surface area contributed by atoms with Crippen LogP contribution in [0.5, 0.6) is 11.6 Å². The Morgan fingerprint density at radius 3 is 2.48 bits per heavy atom. The predicted molar refractivity (Wildman–Crippen MR) is 73.6 cm³/mol. The van der Waals surface area contributed by atoms with E-state index in [0.29, 0.717) is 11.3 Å². The summed E-state index contributed by atoms with van der Waals surface area (Å²) in [5.41, 5.74) is 1.02. The summed E-state index contributed by atoms with van der Waals surface area (Å²) in [5, 5.41) is 18.9. The first-order valence-corrected chi connectivity index (χ1v) is 6.09. The lowest BCUT2D eigenvalue weighted by atomic mass is 10.1. The zero-order chi connectivity index (χ0) is 15.4. The van der Waals surface area contributed by atoms with E-state index in [9.17, 15) is 9.59 Å². The van der Waals surface area contributed by atoms with E-state index >= 15 is 0 Å². The molecule has 0 radical (unpaired) electrons. The second-order valence-electron chi connectivity index (χ2n) is 4.22. The fourth-order valence-electron chi connectivity index (χ4n) is 1.63. The molecule has 0 fully saturated rings. The van der Waals surface area contributed by atoms with Crippen LogP contribution in [0.15, 0.2) is 30.3 Å². The van der Waals surface area contributed by atoms with Gasteiger partial charge < -0.3 is 15.2 Å². The second-order valence-corrected chi connectivity index (χ2v) is 4.22. The highest BCUT2D eigenvalue weighted by molar-refractivity contribution is 5.91. The molecule has 0 atom stereocenters. The highest BCUT2D eigenvalue weighted by atomic mass is 16.5. The van der Waals surface area contributed by atoms with Crippen LogP contribution < -0.4 is 10.1 Å². The molecule has 0 aliphatic heterocycles. The van der Waals surface area contributed by atoms with E-state index in [2.05, 4.69) is 15.5 Å². The minimum absolute atomic E-state index is 0.181. The summed E-state index contributed by atoms with van der Waals surface area (Å²) in [7, 11) is 1.50. The SMILES string of the molecule is CNC(=O)c1ccc(Oc2ccc(C(=O)O)cc2C)nn1. The Morgan fingerprint density at radius 2 is 1.95 bits per heavy atom. The van der Waals surface area contributed by atoms with Crippen molar-refractivity contribution in [3.8, 4) is 11.6 Å². The number of nitrogens with zero attached hydrogens (tertiary/aromatic N) is 2. The van der Waals surface area contributed by atoms with Gasteiger partial charge in [-0.1, -0.05) is 0 Å². The molecule has 2 aromatic rings. The molecular weight excluding hydrogens is 274 g/mol. The summed E-state index contributed by atoms with van der Waals surface area (Å²) in [6.45, 7) is 1.73. The number of carbonyl (C=O) groups excluding carboxylic acids is 1. The number of carboxylic acid groups (broad SMARTS) is 1. The van der Waals surface area contributed by atoms with Crippen LogP contribution in [0.25, 0.3) is 0 Å². The van der Waals surface area contributed by atoms with E-state index in [4.69, 9.17) is 9.84 Å². The van der Waals surface area contributed by atoms with Gasteiger partial charge in [0.25, 0.3) is 5.91 Å². The molecule has 2 N–H and O–H groups in total. The first-order valence-electron chi connectivity index (χ1n) is 6.09. The molecule has 0 saturated carbocycles. The summed E-state index contributed by atoms with van der Waals surface area (Å²) in [6, 6.07) is 7.50. The number of aryl methyl sites for hydroxylation is 1. The Balaban J connectivity index is 2.18. The van der Waals surface area contributed by atoms with Crippen LogP contribution in [0, 0.1) is 6.92 Å². The summed E-state index contributed by atoms with van der Waals surface area (Å²) in [6.07, 6.45) is 0. The number of hydrogen-bond donors (Lipinski definition) is 2. The summed E-state index contributed by atoms with van der Waals surface area (Å²) in [5.74, 6) is -0.647. The van der Waals surface area contributed by atoms with Crippen molar-refractivity contribution in [2.45, 2.75) is 6.92 Å². The first-order chi connectivity index (χ1) is 10.0. The zero-order valence-electron chi connectivity index (χ0n) is 11.5. The van der Waals surface area contributed by atoms with E-state index in [1.54, 1.807) is 13.0 Å². The van der Waals surface area contributed by atoms with Crippen molar-refractivity contribution in [2.75, 3.05) is 7.05 Å². The van der Waals surface area contributed by atoms with Crippen molar-refractivity contribution in [2.24, 2.45) is 0 Å². The first kappa shape index (κ1) is 14.4. The number of aromatic carboxylic acids is 1. The summed E-state index contributed by atoms with van der Waals surface area (Å²) >= 11 is 0. The Morgan fingerprint density at radius 1 is 1.19 bits per heavy atom. The third-order valence-electron chi connectivity index (χ3n) is 2.74. The van der Waals surface area contributed by atoms with Gasteiger partial charge >= 0.3 is 5.97 Å². The molecule has 7 heteroatoms. The average molecular weight is 287 g/mol. The van der Waals surface area contributed by atoms with Gasteiger partial charge in [-0.2, -0.15) is 0 Å². The maximum Gasteiger partial charge on any atom is 0.335 e. The van der Waals surface area contributed by atoms with E-state index in [0.717, 1.165) is 0 Å². The van der Waals surface area contributed by atoms with Crippen LogP contribution in [0.4, 0.5) is 0 Å². The fourth-order valence-corrected chi connectivity index (χ4v) is 1.63. The monoisotopic (exact) mass is 287 g/mol. The molecule has 0 aliphatic rings. The molecule has 7 nitrogen and oxygen atoms in total. The molecule has 2 rings (SSSR count). The van der Waals surface area contributed by atoms with Crippen LogP contribution >= 0.6 is 0 Å². The molecule has 1 aromatic carbocycles. The van der Waals surface area contributed by atoms with Crippen molar-refractivity contribution in [1.82, 2.24) is 15.5 Å². The molecule has 1 amide bonds. The molecule has 0 saturated heterocycles. The Hall–Kier alpha value is -2.96. The molecule has 1 heterocycles. The number of carbonyl (C=O) groups is 2. The second kappa shape index (κ2) is 6.00. The molecule has 1 aromatic heterocycles. The highest BCUT2D eigenvalue weighted by Gasteiger charge is 2.09. The third-order valence-corrected chi connectivity index (χ3v) is 2.74. The number of carboxylic acids is 1. The quantitative estimate of drug-likeness (QED) is 0.886. The van der Waals surface area contributed by atoms with Crippen molar-refractivity contribution in [3.63, 3.8) is 0 Å². The lowest BCUT2D eigenvalue weighted by Crippen LogP contribution is -2.19. The molecule has 0 unspecified atom stereocenters. The van der Waals surface area contributed by atoms with Crippen LogP contribution in [0.1, 0.15) is 26.4 Å². The van der Waals surface area contributed by atoms with Crippen molar-refractivity contribution >= 4 is 11.9 Å². The van der Waals surface area contributed by atoms with Gasteiger partial charge in [-0.3, -0.25) is 4.79 Å². The van der Waals surface area contributed by atoms with Crippen LogP contribution in [0.2, 0.25) is 0 Å². The van der Waals surface area contributed by atoms with Crippen molar-refractivity contribution < 1.29 is 19.4 Å². The van der Waals surface area contributed by atoms with Crippen LogP contribution in [-0.2, 0) is 0 Å². The van der Waals surface area contributed by atoms with Gasteiger partial charge in [0.2, 0.25) is 5.88 Å². The Labute approximate surface area is 120 Å². The lowest BCUT2D eigenvalue weighted by molar-refractivity contribution is 0.0696. The normalized spacial score (nSPS) is 10.0. The molecule has 0 bridgehead atoms. The number of aromatic nitrogens is 2. The largest absolute Gasteiger partial charge is 0.478 e. The fraction of sp³-hybridized carbons (Fsp3) is 0.143. The Bertz CT molecular complexity index is 683. The average Bonchev–Trinajstić information content (AvgIpc) is 2.49. The number of ether oxygens (including phenoxy) is 1. The predicted octanol–water partition coefficient (Wildman–Crippen LogP) is 1.64. The van der Waals surface area contributed by atoms with E-state index in [-0.39, 0.29) is 23.0 Å². The van der Waals surface area contributed by atoms with E-state index in [1.807, 2.05) is 0 Å². The minimum Gasteiger partial charge on any atom is -0.478 e. The topological polar surface area (TPSA) is 101 Å². The van der Waals surface area contributed by atoms with Crippen molar-refractivity contribution in [3.05, 3.63) is 47.2 Å². The van der Waals surface area contributed by atoms with Crippen LogP contribution in [0.3, 0.4) is 0 Å². The third kappa shape index (κ3) is 3.33. The van der Waals surface area contributed by atoms with E-state index < -0.39 is 5.97 Å². The molecule has 0 aliphatic carbocycles. The molecule has 21 heavy (non-hydrogen) atoms. The van der Waals surface area contributed by atoms with Crippen molar-refractivity contribution in [1.29, 1.82) is 0 Å². The van der Waals surface area contributed by atoms with Gasteiger partial charge in [-0.25, -0.2) is 4.79 Å². The zero-order valence-corrected chi connectivity index (χ0v) is 11.5. The van der Waals surface area contributed by atoms with Gasteiger partial charge in [-0.15, -0.1) is 10.2 Å². The number of hydrogen-bond acceptors (Lipinski definition) is 5. The van der Waals surface area contributed by atoms with Gasteiger partial charge in [0.15, 0.2) is 5.69 Å². The number of rotatable bonds is 4. The minimum atomic E-state index is -1.00. The van der Waals surface area contributed by atoms with E-state index in [1.165, 1.54) is 31.3 Å². The maximum atomic E-state index is 11.3. The standard InChI is InChI=1S/C14H13N3O4/c1-8-7-9(14(19)20)3-5-11(8)21-12-6-4-10(16-17-12)13(18)15-2/h3-7H,1-2H3,(H,15,18)(H,19,20). The molecule has 108 valence electrons. The molecule has 0 spiro atoms. The summed E-state index contributed by atoms with van der Waals surface area (Å²) in [4.78, 5) is 22.2. The number of benzene rings is 1. The maximum absolute atomic E-state index is 11.3. The highest BCUT2D eigenvalue weighted by Crippen LogP contribution is 2.24. The van der Waals surface area contributed by atoms with Gasteiger partial charge in [0, 0.05) is 13.1 Å². The van der Waals surface area contributed by atoms with Crippen LogP contribution in [-0.4, -0.2) is 34.2 Å². The van der Waals surface area contributed by atoms with Gasteiger partial charge in [0.05, 0.1) is 5.56 Å². The lowest BCUT2D eigenvalue weighted by Gasteiger charge is -2.08. The Kier molecular flexibility index (Phi) is 4.13. The smallest absolute Gasteiger partial charge is 0.335 e. The van der Waals surface area contributed by atoms with Gasteiger partial charge in [-0.05, 0) is 36.8 Å².